The fourth-order valence-electron chi connectivity index (χ4n) is 1.90. The summed E-state index contributed by atoms with van der Waals surface area (Å²) in [5, 5.41) is 3.49. The van der Waals surface area contributed by atoms with Crippen LogP contribution in [-0.2, 0) is 0 Å². The van der Waals surface area contributed by atoms with Gasteiger partial charge in [-0.15, -0.1) is 0 Å². The van der Waals surface area contributed by atoms with Crippen LogP contribution < -0.4 is 11.1 Å². The average molecular weight is 220 g/mol. The number of nitrogens with one attached hydrogen (secondary N) is 1. The molecule has 0 radical (unpaired) electrons. The Morgan fingerprint density at radius 2 is 2.00 bits per heavy atom. The molecule has 0 bridgehead atoms. The standard InChI is InChI=1S/C14H24N2/c1-5-10(2)9-12(4)16-13-8-6-7-11(3)14(13)15/h6-8,10,12,16H,5,9,15H2,1-4H3. The molecular weight excluding hydrogens is 196 g/mol. The lowest BCUT2D eigenvalue weighted by Gasteiger charge is -2.20. The summed E-state index contributed by atoms with van der Waals surface area (Å²) in [6.45, 7) is 8.78. The Balaban J connectivity index is 2.62. The monoisotopic (exact) mass is 220 g/mol. The lowest BCUT2D eigenvalue weighted by atomic mass is 10.00. The van der Waals surface area contributed by atoms with Crippen molar-refractivity contribution in [3.05, 3.63) is 23.8 Å². The molecule has 3 N–H and O–H groups in total. The third-order valence-corrected chi connectivity index (χ3v) is 3.18. The first-order chi connectivity index (χ1) is 7.54. The summed E-state index contributed by atoms with van der Waals surface area (Å²) in [6.07, 6.45) is 2.42. The predicted octanol–water partition coefficient (Wildman–Crippen LogP) is 3.81. The number of rotatable bonds is 5. The van der Waals surface area contributed by atoms with E-state index in [4.69, 9.17) is 5.73 Å². The SMILES string of the molecule is CCC(C)CC(C)Nc1cccc(C)c1N. The highest BCUT2D eigenvalue weighted by Crippen LogP contribution is 2.23. The topological polar surface area (TPSA) is 38.0 Å². The first kappa shape index (κ1) is 12.9. The molecule has 0 aliphatic rings. The maximum Gasteiger partial charge on any atom is 0.0579 e. The van der Waals surface area contributed by atoms with Gasteiger partial charge in [0.25, 0.3) is 0 Å². The Kier molecular flexibility index (Phi) is 4.66. The zero-order chi connectivity index (χ0) is 12.1. The molecule has 2 unspecified atom stereocenters. The van der Waals surface area contributed by atoms with E-state index in [1.165, 1.54) is 12.8 Å². The van der Waals surface area contributed by atoms with E-state index < -0.39 is 0 Å². The van der Waals surface area contributed by atoms with Gasteiger partial charge in [0.15, 0.2) is 0 Å². The lowest BCUT2D eigenvalue weighted by Crippen LogP contribution is -2.19. The van der Waals surface area contributed by atoms with Gasteiger partial charge in [0.05, 0.1) is 11.4 Å². The van der Waals surface area contributed by atoms with Crippen LogP contribution in [-0.4, -0.2) is 6.04 Å². The zero-order valence-corrected chi connectivity index (χ0v) is 10.9. The molecule has 0 aliphatic heterocycles. The van der Waals surface area contributed by atoms with Crippen LogP contribution >= 0.6 is 0 Å². The molecule has 0 amide bonds. The molecule has 90 valence electrons. The molecule has 0 aromatic heterocycles. The molecule has 0 spiro atoms. The zero-order valence-electron chi connectivity index (χ0n) is 10.9. The van der Waals surface area contributed by atoms with E-state index in [0.717, 1.165) is 22.9 Å². The van der Waals surface area contributed by atoms with E-state index in [1.807, 2.05) is 19.1 Å². The molecule has 2 heteroatoms. The molecule has 16 heavy (non-hydrogen) atoms. The highest BCUT2D eigenvalue weighted by Gasteiger charge is 2.09. The number of hydrogen-bond acceptors (Lipinski definition) is 2. The van der Waals surface area contributed by atoms with E-state index in [-0.39, 0.29) is 0 Å². The van der Waals surface area contributed by atoms with Crippen molar-refractivity contribution in [2.24, 2.45) is 5.92 Å². The maximum absolute atomic E-state index is 6.03. The number of para-hydroxylation sites is 1. The minimum Gasteiger partial charge on any atom is -0.397 e. The molecule has 0 heterocycles. The molecule has 1 aromatic carbocycles. The fourth-order valence-corrected chi connectivity index (χ4v) is 1.90. The highest BCUT2D eigenvalue weighted by atomic mass is 14.9. The molecule has 2 nitrogen and oxygen atoms in total. The number of hydrogen-bond donors (Lipinski definition) is 2. The van der Waals surface area contributed by atoms with Gasteiger partial charge >= 0.3 is 0 Å². The van der Waals surface area contributed by atoms with Gasteiger partial charge in [-0.3, -0.25) is 0 Å². The highest BCUT2D eigenvalue weighted by molar-refractivity contribution is 5.69. The van der Waals surface area contributed by atoms with Crippen molar-refractivity contribution in [2.45, 2.75) is 46.6 Å². The minimum absolute atomic E-state index is 0.471. The van der Waals surface area contributed by atoms with Gasteiger partial charge in [-0.05, 0) is 37.8 Å². The second kappa shape index (κ2) is 5.78. The Labute approximate surface area is 99.2 Å². The molecular formula is C14H24N2. The number of nitrogen functional groups attached to an aromatic ring is 1. The smallest absolute Gasteiger partial charge is 0.0579 e. The van der Waals surface area contributed by atoms with Crippen molar-refractivity contribution in [1.29, 1.82) is 0 Å². The summed E-state index contributed by atoms with van der Waals surface area (Å²) >= 11 is 0. The van der Waals surface area contributed by atoms with Crippen LogP contribution in [0.5, 0.6) is 0 Å². The summed E-state index contributed by atoms with van der Waals surface area (Å²) in [5.74, 6) is 0.758. The van der Waals surface area contributed by atoms with Crippen LogP contribution in [0.4, 0.5) is 11.4 Å². The second-order valence-electron chi connectivity index (χ2n) is 4.83. The third kappa shape index (κ3) is 3.44. The maximum atomic E-state index is 6.03. The van der Waals surface area contributed by atoms with Gasteiger partial charge < -0.3 is 11.1 Å². The van der Waals surface area contributed by atoms with E-state index in [1.54, 1.807) is 0 Å². The largest absolute Gasteiger partial charge is 0.397 e. The lowest BCUT2D eigenvalue weighted by molar-refractivity contribution is 0.484. The molecule has 0 saturated carbocycles. The van der Waals surface area contributed by atoms with Gasteiger partial charge in [-0.1, -0.05) is 32.4 Å². The molecule has 1 rings (SSSR count). The van der Waals surface area contributed by atoms with Gasteiger partial charge in [-0.25, -0.2) is 0 Å². The molecule has 0 fully saturated rings. The molecule has 2 atom stereocenters. The van der Waals surface area contributed by atoms with Crippen LogP contribution in [0.2, 0.25) is 0 Å². The van der Waals surface area contributed by atoms with Crippen molar-refractivity contribution in [3.63, 3.8) is 0 Å². The van der Waals surface area contributed by atoms with Gasteiger partial charge in [0.1, 0.15) is 0 Å². The predicted molar refractivity (Wildman–Crippen MR) is 72.7 cm³/mol. The van der Waals surface area contributed by atoms with Crippen molar-refractivity contribution in [2.75, 3.05) is 11.1 Å². The average Bonchev–Trinajstić information content (AvgIpc) is 2.24. The number of anilines is 2. The normalized spacial score (nSPS) is 14.5. The number of benzene rings is 1. The molecule has 0 aliphatic carbocycles. The summed E-state index contributed by atoms with van der Waals surface area (Å²) in [7, 11) is 0. The second-order valence-corrected chi connectivity index (χ2v) is 4.83. The van der Waals surface area contributed by atoms with Crippen molar-refractivity contribution >= 4 is 11.4 Å². The molecule has 0 saturated heterocycles. The quantitative estimate of drug-likeness (QED) is 0.740. The number of nitrogens with two attached hydrogens (primary N) is 1. The fraction of sp³-hybridized carbons (Fsp3) is 0.571. The van der Waals surface area contributed by atoms with Crippen molar-refractivity contribution in [3.8, 4) is 0 Å². The van der Waals surface area contributed by atoms with Crippen LogP contribution in [0.3, 0.4) is 0 Å². The first-order valence-electron chi connectivity index (χ1n) is 6.16. The number of aryl methyl sites for hydroxylation is 1. The Bertz CT molecular complexity index is 334. The summed E-state index contributed by atoms with van der Waals surface area (Å²) < 4.78 is 0. The van der Waals surface area contributed by atoms with Crippen LogP contribution in [0, 0.1) is 12.8 Å². The Morgan fingerprint density at radius 3 is 2.62 bits per heavy atom. The third-order valence-electron chi connectivity index (χ3n) is 3.18. The Hall–Kier alpha value is -1.18. The van der Waals surface area contributed by atoms with E-state index in [2.05, 4.69) is 32.2 Å². The van der Waals surface area contributed by atoms with E-state index in [0.29, 0.717) is 6.04 Å². The van der Waals surface area contributed by atoms with E-state index in [9.17, 15) is 0 Å². The molecule has 1 aromatic rings. The Morgan fingerprint density at radius 1 is 1.31 bits per heavy atom. The summed E-state index contributed by atoms with van der Waals surface area (Å²) in [6, 6.07) is 6.61. The summed E-state index contributed by atoms with van der Waals surface area (Å²) in [5.41, 5.74) is 9.11. The van der Waals surface area contributed by atoms with Crippen LogP contribution in [0.1, 0.15) is 39.2 Å². The van der Waals surface area contributed by atoms with E-state index >= 15 is 0 Å². The first-order valence-corrected chi connectivity index (χ1v) is 6.16. The minimum atomic E-state index is 0.471. The van der Waals surface area contributed by atoms with Gasteiger partial charge in [0, 0.05) is 6.04 Å². The van der Waals surface area contributed by atoms with Gasteiger partial charge in [-0.2, -0.15) is 0 Å². The van der Waals surface area contributed by atoms with Gasteiger partial charge in [0.2, 0.25) is 0 Å². The van der Waals surface area contributed by atoms with Crippen molar-refractivity contribution < 1.29 is 0 Å². The van der Waals surface area contributed by atoms with Crippen LogP contribution in [0.25, 0.3) is 0 Å². The van der Waals surface area contributed by atoms with Crippen LogP contribution in [0.15, 0.2) is 18.2 Å². The van der Waals surface area contributed by atoms with Crippen molar-refractivity contribution in [1.82, 2.24) is 0 Å². The summed E-state index contributed by atoms with van der Waals surface area (Å²) in [4.78, 5) is 0.